The molecule has 7 nitrogen and oxygen atoms in total. The Balaban J connectivity index is 1.50. The summed E-state index contributed by atoms with van der Waals surface area (Å²) in [4.78, 5) is 18.9. The summed E-state index contributed by atoms with van der Waals surface area (Å²) in [7, 11) is -0.580. The molecule has 1 aliphatic rings. The fraction of sp³-hybridized carbons (Fsp3) is 0.481. The van der Waals surface area contributed by atoms with Crippen LogP contribution in [0.4, 0.5) is 4.79 Å². The van der Waals surface area contributed by atoms with Crippen LogP contribution in [-0.2, 0) is 29.2 Å². The molecule has 0 N–H and O–H groups in total. The standard InChI is InChI=1S/C27H36IN3O4S/c1-27(2,3)35-26(32)30-12-10-19-7-8-21(15-20(19)16-30)34-23-9-11-29-25-24(23)22(28)17-31(25)18-33-13-14-36(4,5)6/h7-9,11,15,17H,10,12-14,16,18H2,1-6H3. The average molecular weight is 626 g/mol. The Hall–Kier alpha value is -1.98. The van der Waals surface area contributed by atoms with Crippen molar-refractivity contribution in [2.45, 2.75) is 46.1 Å². The van der Waals surface area contributed by atoms with Crippen molar-refractivity contribution in [3.05, 3.63) is 51.4 Å². The van der Waals surface area contributed by atoms with E-state index in [0.29, 0.717) is 19.8 Å². The Bertz CT molecular complexity index is 1250. The summed E-state index contributed by atoms with van der Waals surface area (Å²) in [5, 5.41) is 0.969. The highest BCUT2D eigenvalue weighted by Gasteiger charge is 2.26. The van der Waals surface area contributed by atoms with Gasteiger partial charge in [-0.1, -0.05) is 6.07 Å². The molecule has 1 aromatic carbocycles. The smallest absolute Gasteiger partial charge is 0.410 e. The van der Waals surface area contributed by atoms with Crippen LogP contribution < -0.4 is 4.74 Å². The van der Waals surface area contributed by atoms with E-state index in [1.54, 1.807) is 11.1 Å². The van der Waals surface area contributed by atoms with Crippen molar-refractivity contribution >= 4 is 49.7 Å². The molecule has 0 saturated carbocycles. The number of nitrogens with zero attached hydrogens (tertiary/aromatic N) is 3. The van der Waals surface area contributed by atoms with Crippen molar-refractivity contribution in [1.29, 1.82) is 0 Å². The minimum atomic E-state index is -0.580. The van der Waals surface area contributed by atoms with E-state index < -0.39 is 15.6 Å². The van der Waals surface area contributed by atoms with E-state index >= 15 is 0 Å². The molecule has 4 rings (SSSR count). The van der Waals surface area contributed by atoms with Crippen LogP contribution in [0, 0.1) is 3.57 Å². The number of carbonyl (C=O) groups excluding carboxylic acids is 1. The number of amides is 1. The minimum Gasteiger partial charge on any atom is -0.456 e. The van der Waals surface area contributed by atoms with E-state index in [0.717, 1.165) is 50.4 Å². The van der Waals surface area contributed by atoms with E-state index in [4.69, 9.17) is 14.2 Å². The second kappa shape index (κ2) is 10.8. The summed E-state index contributed by atoms with van der Waals surface area (Å²) in [5.41, 5.74) is 2.64. The van der Waals surface area contributed by atoms with Crippen LogP contribution in [0.3, 0.4) is 0 Å². The van der Waals surface area contributed by atoms with Gasteiger partial charge in [0.1, 0.15) is 29.5 Å². The van der Waals surface area contributed by atoms with E-state index in [9.17, 15) is 4.79 Å². The molecule has 0 fully saturated rings. The lowest BCUT2D eigenvalue weighted by molar-refractivity contribution is 0.0224. The third kappa shape index (κ3) is 6.86. The monoisotopic (exact) mass is 625 g/mol. The van der Waals surface area contributed by atoms with Crippen LogP contribution in [0.25, 0.3) is 11.0 Å². The Morgan fingerprint density at radius 2 is 1.94 bits per heavy atom. The summed E-state index contributed by atoms with van der Waals surface area (Å²) in [6.45, 7) is 8.02. The first-order valence-electron chi connectivity index (χ1n) is 12.0. The van der Waals surface area contributed by atoms with Crippen molar-refractivity contribution in [2.75, 3.05) is 37.7 Å². The lowest BCUT2D eigenvalue weighted by Crippen LogP contribution is -2.39. The first kappa shape index (κ1) is 27.1. The topological polar surface area (TPSA) is 65.8 Å². The molecular weight excluding hydrogens is 589 g/mol. The third-order valence-corrected chi connectivity index (χ3v) is 8.02. The molecule has 0 radical (unpaired) electrons. The molecule has 3 aromatic rings. The van der Waals surface area contributed by atoms with Gasteiger partial charge in [-0.2, -0.15) is 0 Å². The maximum Gasteiger partial charge on any atom is 0.410 e. The van der Waals surface area contributed by atoms with Crippen LogP contribution in [0.15, 0.2) is 36.7 Å². The zero-order chi connectivity index (χ0) is 26.1. The number of pyridine rings is 1. The highest BCUT2D eigenvalue weighted by molar-refractivity contribution is 14.1. The summed E-state index contributed by atoms with van der Waals surface area (Å²) in [5.74, 6) is 2.57. The lowest BCUT2D eigenvalue weighted by atomic mass is 10.00. The predicted molar refractivity (Wildman–Crippen MR) is 155 cm³/mol. The van der Waals surface area contributed by atoms with Gasteiger partial charge in [0.15, 0.2) is 0 Å². The molecule has 36 heavy (non-hydrogen) atoms. The number of fused-ring (bicyclic) bond motifs is 2. The Morgan fingerprint density at radius 1 is 1.17 bits per heavy atom. The number of rotatable bonds is 7. The van der Waals surface area contributed by atoms with Crippen LogP contribution in [-0.4, -0.2) is 63.8 Å². The second-order valence-corrected chi connectivity index (χ2v) is 16.7. The largest absolute Gasteiger partial charge is 0.456 e. The third-order valence-electron chi connectivity index (χ3n) is 5.81. The van der Waals surface area contributed by atoms with Gasteiger partial charge in [-0.05, 0) is 97.9 Å². The van der Waals surface area contributed by atoms with Crippen LogP contribution in [0.5, 0.6) is 11.5 Å². The van der Waals surface area contributed by atoms with Gasteiger partial charge in [-0.3, -0.25) is 0 Å². The summed E-state index contributed by atoms with van der Waals surface area (Å²) >= 11 is 2.33. The van der Waals surface area contributed by atoms with Gasteiger partial charge >= 0.3 is 6.09 Å². The number of ether oxygens (including phenoxy) is 3. The highest BCUT2D eigenvalue weighted by atomic mass is 127. The predicted octanol–water partition coefficient (Wildman–Crippen LogP) is 6.39. The molecule has 0 saturated heterocycles. The molecule has 1 aliphatic heterocycles. The quantitative estimate of drug-likeness (QED) is 0.225. The fourth-order valence-corrected chi connectivity index (χ4v) is 5.46. The van der Waals surface area contributed by atoms with Gasteiger partial charge in [-0.25, -0.2) is 19.8 Å². The number of benzene rings is 1. The molecular formula is C27H36IN3O4S. The highest BCUT2D eigenvalue weighted by Crippen LogP contribution is 2.36. The summed E-state index contributed by atoms with van der Waals surface area (Å²) in [6.07, 6.45) is 11.2. The Kier molecular flexibility index (Phi) is 8.11. The number of hydrogen-bond donors (Lipinski definition) is 0. The fourth-order valence-electron chi connectivity index (χ4n) is 4.00. The van der Waals surface area contributed by atoms with Crippen molar-refractivity contribution in [2.24, 2.45) is 0 Å². The molecule has 0 unspecified atom stereocenters. The molecule has 0 bridgehead atoms. The lowest BCUT2D eigenvalue weighted by Gasteiger charge is -2.31. The average Bonchev–Trinajstić information content (AvgIpc) is 3.11. The van der Waals surface area contributed by atoms with Crippen molar-refractivity contribution in [3.8, 4) is 11.5 Å². The number of carbonyl (C=O) groups is 1. The molecule has 0 aliphatic carbocycles. The summed E-state index contributed by atoms with van der Waals surface area (Å²) < 4.78 is 21.0. The van der Waals surface area contributed by atoms with Gasteiger partial charge in [0.05, 0.1) is 12.0 Å². The maximum atomic E-state index is 12.6. The van der Waals surface area contributed by atoms with Crippen molar-refractivity contribution in [1.82, 2.24) is 14.5 Å². The van der Waals surface area contributed by atoms with E-state index in [2.05, 4.69) is 58.6 Å². The summed E-state index contributed by atoms with van der Waals surface area (Å²) in [6, 6.07) is 8.01. The van der Waals surface area contributed by atoms with Gasteiger partial charge in [0.25, 0.3) is 0 Å². The molecule has 0 spiro atoms. The van der Waals surface area contributed by atoms with Crippen LogP contribution in [0.2, 0.25) is 0 Å². The van der Waals surface area contributed by atoms with Gasteiger partial charge in [-0.15, -0.1) is 0 Å². The molecule has 2 aromatic heterocycles. The van der Waals surface area contributed by atoms with Crippen molar-refractivity contribution in [3.63, 3.8) is 0 Å². The van der Waals surface area contributed by atoms with Crippen LogP contribution >= 0.6 is 32.6 Å². The maximum absolute atomic E-state index is 12.6. The second-order valence-electron chi connectivity index (χ2n) is 11.0. The van der Waals surface area contributed by atoms with Crippen LogP contribution in [0.1, 0.15) is 31.9 Å². The van der Waals surface area contributed by atoms with Gasteiger partial charge in [0, 0.05) is 34.8 Å². The molecule has 0 atom stereocenters. The Morgan fingerprint density at radius 3 is 2.67 bits per heavy atom. The number of aromatic nitrogens is 2. The molecule has 3 heterocycles. The Labute approximate surface area is 228 Å². The van der Waals surface area contributed by atoms with E-state index in [1.807, 2.05) is 43.5 Å². The van der Waals surface area contributed by atoms with E-state index in [-0.39, 0.29) is 6.09 Å². The van der Waals surface area contributed by atoms with Crippen molar-refractivity contribution < 1.29 is 19.0 Å². The van der Waals surface area contributed by atoms with Gasteiger partial charge in [0.2, 0.25) is 0 Å². The minimum absolute atomic E-state index is 0.280. The molecule has 1 amide bonds. The molecule has 196 valence electrons. The first-order chi connectivity index (χ1) is 16.9. The van der Waals surface area contributed by atoms with Gasteiger partial charge < -0.3 is 23.7 Å². The zero-order valence-corrected chi connectivity index (χ0v) is 24.9. The number of halogens is 1. The number of hydrogen-bond acceptors (Lipinski definition) is 5. The SMILES string of the molecule is CC(C)(C)OC(=O)N1CCc2ccc(Oc3ccnc4c3c(I)cn4COCCS(C)(C)C)cc2C1. The van der Waals surface area contributed by atoms with E-state index in [1.165, 1.54) is 5.56 Å². The zero-order valence-electron chi connectivity index (χ0n) is 22.0. The molecule has 9 heteroatoms. The normalized spacial score (nSPS) is 14.6. The first-order valence-corrected chi connectivity index (χ1v) is 16.1.